The van der Waals surface area contributed by atoms with Gasteiger partial charge in [0.2, 0.25) is 5.88 Å². The van der Waals surface area contributed by atoms with E-state index in [1.165, 1.54) is 18.4 Å². The number of carbonyl (C=O) groups is 1. The van der Waals surface area contributed by atoms with E-state index in [0.29, 0.717) is 10.8 Å². The predicted molar refractivity (Wildman–Crippen MR) is 85.5 cm³/mol. The van der Waals surface area contributed by atoms with Gasteiger partial charge in [-0.05, 0) is 30.7 Å². The summed E-state index contributed by atoms with van der Waals surface area (Å²) in [6.07, 6.45) is 0. The lowest BCUT2D eigenvalue weighted by Crippen LogP contribution is -2.04. The van der Waals surface area contributed by atoms with Crippen molar-refractivity contribution in [1.29, 1.82) is 0 Å². The van der Waals surface area contributed by atoms with E-state index in [4.69, 9.17) is 10.5 Å². The standard InChI is InChI=1S/C15H13N3O3S/c1-7-9(6-10(14(19)20)13(17-7)21-2)8-3-4-11-12(5-8)22-15(16)18-11/h3-6H,1-2H3,(H2,16,18)(H,19,20). The number of aromatic nitrogens is 2. The van der Waals surface area contributed by atoms with Crippen LogP contribution in [0, 0.1) is 6.92 Å². The monoisotopic (exact) mass is 315 g/mol. The molecular weight excluding hydrogens is 302 g/mol. The van der Waals surface area contributed by atoms with Crippen molar-refractivity contribution in [2.24, 2.45) is 0 Å². The van der Waals surface area contributed by atoms with Crippen LogP contribution in [0.5, 0.6) is 5.88 Å². The molecule has 112 valence electrons. The van der Waals surface area contributed by atoms with E-state index in [1.54, 1.807) is 6.07 Å². The maximum atomic E-state index is 11.3. The molecule has 0 saturated heterocycles. The summed E-state index contributed by atoms with van der Waals surface area (Å²) in [4.78, 5) is 19.8. The molecule has 6 nitrogen and oxygen atoms in total. The first-order valence-corrected chi connectivity index (χ1v) is 7.26. The van der Waals surface area contributed by atoms with Crippen LogP contribution in [0.1, 0.15) is 16.1 Å². The highest BCUT2D eigenvalue weighted by molar-refractivity contribution is 7.22. The number of hydrogen-bond donors (Lipinski definition) is 2. The van der Waals surface area contributed by atoms with Gasteiger partial charge >= 0.3 is 5.97 Å². The Kier molecular flexibility index (Phi) is 3.42. The molecule has 0 amide bonds. The number of rotatable bonds is 3. The van der Waals surface area contributed by atoms with Gasteiger partial charge in [-0.3, -0.25) is 0 Å². The first kappa shape index (κ1) is 14.3. The summed E-state index contributed by atoms with van der Waals surface area (Å²) in [6.45, 7) is 1.81. The number of hydrogen-bond acceptors (Lipinski definition) is 6. The van der Waals surface area contributed by atoms with Crippen molar-refractivity contribution in [2.45, 2.75) is 6.92 Å². The van der Waals surface area contributed by atoms with Gasteiger partial charge in [0.1, 0.15) is 5.56 Å². The summed E-state index contributed by atoms with van der Waals surface area (Å²) in [6, 6.07) is 7.26. The van der Waals surface area contributed by atoms with Gasteiger partial charge in [0.05, 0.1) is 17.3 Å². The Bertz CT molecular complexity index is 889. The Morgan fingerprint density at radius 1 is 1.32 bits per heavy atom. The second kappa shape index (κ2) is 5.27. The van der Waals surface area contributed by atoms with E-state index in [2.05, 4.69) is 9.97 Å². The van der Waals surface area contributed by atoms with Crippen LogP contribution in [0.15, 0.2) is 24.3 Å². The average molecular weight is 315 g/mol. The predicted octanol–water partition coefficient (Wildman–Crippen LogP) is 2.96. The molecule has 0 unspecified atom stereocenters. The number of anilines is 1. The molecule has 3 rings (SSSR count). The maximum absolute atomic E-state index is 11.3. The van der Waals surface area contributed by atoms with Gasteiger partial charge in [0.15, 0.2) is 5.13 Å². The number of nitrogen functional groups attached to an aromatic ring is 1. The number of aryl methyl sites for hydroxylation is 1. The molecule has 3 aromatic rings. The molecule has 0 radical (unpaired) electrons. The SMILES string of the molecule is COc1nc(C)c(-c2ccc3nc(N)sc3c2)cc1C(=O)O. The third kappa shape index (κ3) is 2.35. The summed E-state index contributed by atoms with van der Waals surface area (Å²) < 4.78 is 5.98. The maximum Gasteiger partial charge on any atom is 0.341 e. The van der Waals surface area contributed by atoms with E-state index >= 15 is 0 Å². The molecular formula is C15H13N3O3S. The number of nitrogens with zero attached hydrogens (tertiary/aromatic N) is 2. The van der Waals surface area contributed by atoms with E-state index in [-0.39, 0.29) is 11.4 Å². The first-order chi connectivity index (χ1) is 10.5. The van der Waals surface area contributed by atoms with Crippen molar-refractivity contribution in [3.63, 3.8) is 0 Å². The lowest BCUT2D eigenvalue weighted by molar-refractivity contribution is 0.0692. The minimum atomic E-state index is -1.08. The molecule has 0 saturated carbocycles. The number of carboxylic acids is 1. The van der Waals surface area contributed by atoms with E-state index in [0.717, 1.165) is 21.3 Å². The molecule has 7 heteroatoms. The fourth-order valence-electron chi connectivity index (χ4n) is 2.29. The van der Waals surface area contributed by atoms with E-state index in [1.807, 2.05) is 25.1 Å². The molecule has 0 aliphatic carbocycles. The molecule has 2 aromatic heterocycles. The first-order valence-electron chi connectivity index (χ1n) is 6.45. The molecule has 0 atom stereocenters. The Morgan fingerprint density at radius 3 is 2.77 bits per heavy atom. The Morgan fingerprint density at radius 2 is 2.09 bits per heavy atom. The highest BCUT2D eigenvalue weighted by Crippen LogP contribution is 2.32. The molecule has 0 aliphatic heterocycles. The van der Waals surface area contributed by atoms with Crippen LogP contribution in [-0.4, -0.2) is 28.2 Å². The van der Waals surface area contributed by atoms with Crippen LogP contribution in [0.4, 0.5) is 5.13 Å². The lowest BCUT2D eigenvalue weighted by atomic mass is 10.0. The number of aromatic carboxylic acids is 1. The van der Waals surface area contributed by atoms with Crippen molar-refractivity contribution in [3.8, 4) is 17.0 Å². The van der Waals surface area contributed by atoms with Crippen molar-refractivity contribution < 1.29 is 14.6 Å². The Balaban J connectivity index is 2.20. The van der Waals surface area contributed by atoms with Gasteiger partial charge in [0.25, 0.3) is 0 Å². The van der Waals surface area contributed by atoms with Gasteiger partial charge in [0, 0.05) is 11.3 Å². The molecule has 22 heavy (non-hydrogen) atoms. The summed E-state index contributed by atoms with van der Waals surface area (Å²) in [5.41, 5.74) is 8.87. The number of methoxy groups -OCH3 is 1. The van der Waals surface area contributed by atoms with Crippen molar-refractivity contribution in [2.75, 3.05) is 12.8 Å². The summed E-state index contributed by atoms with van der Waals surface area (Å²) in [7, 11) is 1.40. The zero-order valence-corrected chi connectivity index (χ0v) is 12.8. The molecule has 1 aromatic carbocycles. The van der Waals surface area contributed by atoms with Gasteiger partial charge in [-0.2, -0.15) is 0 Å². The molecule has 0 bridgehead atoms. The summed E-state index contributed by atoms with van der Waals surface area (Å²) >= 11 is 1.39. The number of pyridine rings is 1. The molecule has 2 heterocycles. The minimum absolute atomic E-state index is 0.0343. The van der Waals surface area contributed by atoms with Crippen LogP contribution in [0.3, 0.4) is 0 Å². The smallest absolute Gasteiger partial charge is 0.341 e. The highest BCUT2D eigenvalue weighted by Gasteiger charge is 2.17. The van der Waals surface area contributed by atoms with Crippen molar-refractivity contribution in [3.05, 3.63) is 35.5 Å². The third-order valence-corrected chi connectivity index (χ3v) is 4.17. The summed E-state index contributed by atoms with van der Waals surface area (Å²) in [5, 5.41) is 9.79. The molecule has 0 aliphatic rings. The average Bonchev–Trinajstić information content (AvgIpc) is 2.85. The third-order valence-electron chi connectivity index (χ3n) is 3.32. The number of benzene rings is 1. The number of fused-ring (bicyclic) bond motifs is 1. The lowest BCUT2D eigenvalue weighted by Gasteiger charge is -2.10. The second-order valence-corrected chi connectivity index (χ2v) is 5.78. The van der Waals surface area contributed by atoms with Crippen molar-refractivity contribution in [1.82, 2.24) is 9.97 Å². The number of thiazole rings is 1. The van der Waals surface area contributed by atoms with Crippen LogP contribution in [-0.2, 0) is 0 Å². The second-order valence-electron chi connectivity index (χ2n) is 4.72. The van der Waals surface area contributed by atoms with Crippen LogP contribution >= 0.6 is 11.3 Å². The topological polar surface area (TPSA) is 98.3 Å². The van der Waals surface area contributed by atoms with Gasteiger partial charge in [-0.25, -0.2) is 14.8 Å². The number of carboxylic acid groups (broad SMARTS) is 1. The van der Waals surface area contributed by atoms with Gasteiger partial charge < -0.3 is 15.6 Å². The van der Waals surface area contributed by atoms with E-state index in [9.17, 15) is 9.90 Å². The van der Waals surface area contributed by atoms with Gasteiger partial charge in [-0.15, -0.1) is 0 Å². The number of nitrogens with two attached hydrogens (primary N) is 1. The fourth-order valence-corrected chi connectivity index (χ4v) is 3.07. The summed E-state index contributed by atoms with van der Waals surface area (Å²) in [5.74, 6) is -0.967. The zero-order chi connectivity index (χ0) is 15.9. The minimum Gasteiger partial charge on any atom is -0.480 e. The molecule has 0 spiro atoms. The van der Waals surface area contributed by atoms with Crippen LogP contribution in [0.2, 0.25) is 0 Å². The zero-order valence-electron chi connectivity index (χ0n) is 12.0. The number of ether oxygens (including phenoxy) is 1. The normalized spacial score (nSPS) is 10.8. The van der Waals surface area contributed by atoms with Crippen LogP contribution < -0.4 is 10.5 Å². The quantitative estimate of drug-likeness (QED) is 0.771. The van der Waals surface area contributed by atoms with Gasteiger partial charge in [-0.1, -0.05) is 17.4 Å². The highest BCUT2D eigenvalue weighted by atomic mass is 32.1. The van der Waals surface area contributed by atoms with Crippen LogP contribution in [0.25, 0.3) is 21.3 Å². The van der Waals surface area contributed by atoms with E-state index < -0.39 is 5.97 Å². The molecule has 0 fully saturated rings. The largest absolute Gasteiger partial charge is 0.480 e. The Labute approximate surface area is 130 Å². The fraction of sp³-hybridized carbons (Fsp3) is 0.133. The van der Waals surface area contributed by atoms with Crippen molar-refractivity contribution >= 4 is 32.7 Å². The Hall–Kier alpha value is -2.67. The molecule has 3 N–H and O–H groups in total.